The summed E-state index contributed by atoms with van der Waals surface area (Å²) in [6, 6.07) is 28.4. The lowest BCUT2D eigenvalue weighted by molar-refractivity contribution is -0.137. The molecule has 0 aliphatic carbocycles. The van der Waals surface area contributed by atoms with Gasteiger partial charge in [-0.1, -0.05) is 84.6 Å². The van der Waals surface area contributed by atoms with Gasteiger partial charge in [0.2, 0.25) is 0 Å². The van der Waals surface area contributed by atoms with Crippen molar-refractivity contribution in [3.63, 3.8) is 0 Å². The Morgan fingerprint density at radius 1 is 0.625 bits per heavy atom. The molecule has 4 heteroatoms. The van der Waals surface area contributed by atoms with Crippen LogP contribution in [0.4, 0.5) is 13.2 Å². The number of halogens is 3. The first-order chi connectivity index (χ1) is 15.4. The average Bonchev–Trinajstić information content (AvgIpc) is 2.83. The molecule has 0 saturated carbocycles. The van der Waals surface area contributed by atoms with Crippen LogP contribution in [-0.4, -0.2) is 5.78 Å². The summed E-state index contributed by atoms with van der Waals surface area (Å²) in [5.74, 6) is 6.05. The van der Waals surface area contributed by atoms with E-state index in [0.717, 1.165) is 17.7 Å². The van der Waals surface area contributed by atoms with Gasteiger partial charge in [0.05, 0.1) is 5.56 Å². The second-order valence-corrected chi connectivity index (χ2v) is 7.11. The third-order valence-electron chi connectivity index (χ3n) is 4.99. The number of hydrogen-bond donors (Lipinski definition) is 0. The molecule has 0 atom stereocenters. The molecule has 0 aromatic heterocycles. The highest BCUT2D eigenvalue weighted by Crippen LogP contribution is 2.31. The molecule has 0 amide bonds. The Hall–Kier alpha value is -4.10. The Bertz CT molecular complexity index is 1310. The second kappa shape index (κ2) is 8.95. The number of ketones is 1. The zero-order valence-corrected chi connectivity index (χ0v) is 16.9. The van der Waals surface area contributed by atoms with Gasteiger partial charge in [-0.05, 0) is 41.5 Å². The monoisotopic (exact) mass is 426 g/mol. The predicted molar refractivity (Wildman–Crippen MR) is 119 cm³/mol. The van der Waals surface area contributed by atoms with E-state index in [1.165, 1.54) is 12.1 Å². The Morgan fingerprint density at radius 2 is 1.19 bits per heavy atom. The summed E-state index contributed by atoms with van der Waals surface area (Å²) in [5, 5.41) is 0. The van der Waals surface area contributed by atoms with Crippen LogP contribution in [0.25, 0.3) is 11.1 Å². The van der Waals surface area contributed by atoms with Gasteiger partial charge >= 0.3 is 6.18 Å². The normalized spacial score (nSPS) is 10.8. The quantitative estimate of drug-likeness (QED) is 0.255. The number of rotatable bonds is 3. The summed E-state index contributed by atoms with van der Waals surface area (Å²) in [4.78, 5) is 12.9. The molecule has 32 heavy (non-hydrogen) atoms. The molecule has 0 heterocycles. The summed E-state index contributed by atoms with van der Waals surface area (Å²) in [7, 11) is 0. The van der Waals surface area contributed by atoms with Crippen molar-refractivity contribution >= 4 is 5.78 Å². The maximum Gasteiger partial charge on any atom is 0.416 e. The molecule has 0 N–H and O–H groups in total. The van der Waals surface area contributed by atoms with Crippen molar-refractivity contribution in [2.24, 2.45) is 0 Å². The van der Waals surface area contributed by atoms with Crippen LogP contribution in [0, 0.1) is 11.8 Å². The van der Waals surface area contributed by atoms with Crippen LogP contribution < -0.4 is 0 Å². The van der Waals surface area contributed by atoms with E-state index < -0.39 is 11.7 Å². The average molecular weight is 426 g/mol. The molecule has 0 fully saturated rings. The van der Waals surface area contributed by atoms with Gasteiger partial charge in [0.25, 0.3) is 0 Å². The van der Waals surface area contributed by atoms with Gasteiger partial charge in [0.15, 0.2) is 5.78 Å². The lowest BCUT2D eigenvalue weighted by Gasteiger charge is -2.09. The molecule has 0 radical (unpaired) electrons. The Kier molecular flexibility index (Phi) is 5.91. The van der Waals surface area contributed by atoms with E-state index >= 15 is 0 Å². The molecule has 156 valence electrons. The lowest BCUT2D eigenvalue weighted by Crippen LogP contribution is -2.04. The van der Waals surface area contributed by atoms with E-state index in [0.29, 0.717) is 27.8 Å². The maximum absolute atomic E-state index is 12.9. The fraction of sp³-hybridized carbons (Fsp3) is 0.0357. The van der Waals surface area contributed by atoms with E-state index in [-0.39, 0.29) is 5.78 Å². The minimum Gasteiger partial charge on any atom is -0.289 e. The summed E-state index contributed by atoms with van der Waals surface area (Å²) in [6.45, 7) is 0. The van der Waals surface area contributed by atoms with Crippen LogP contribution in [0.15, 0.2) is 103 Å². The standard InChI is InChI=1S/C28H17F3O/c29-28(30,31)24-18-16-22(17-19-24)25-12-6-4-8-20(25)14-15-21-9-5-7-13-26(21)27(32)23-10-2-1-3-11-23/h1-13,16-19H. The molecule has 4 aromatic rings. The molecule has 0 saturated heterocycles. The number of carbonyl (C=O) groups excluding carboxylic acids is 1. The van der Waals surface area contributed by atoms with Crippen molar-refractivity contribution in [2.45, 2.75) is 6.18 Å². The van der Waals surface area contributed by atoms with Gasteiger partial charge in [0.1, 0.15) is 0 Å². The molecule has 0 spiro atoms. The van der Waals surface area contributed by atoms with Crippen LogP contribution in [0.5, 0.6) is 0 Å². The first kappa shape index (κ1) is 21.1. The van der Waals surface area contributed by atoms with Crippen molar-refractivity contribution in [1.29, 1.82) is 0 Å². The smallest absolute Gasteiger partial charge is 0.289 e. The van der Waals surface area contributed by atoms with Gasteiger partial charge in [-0.25, -0.2) is 0 Å². The minimum absolute atomic E-state index is 0.119. The number of alkyl halides is 3. The zero-order valence-electron chi connectivity index (χ0n) is 16.9. The van der Waals surface area contributed by atoms with E-state index in [1.807, 2.05) is 48.5 Å². The summed E-state index contributed by atoms with van der Waals surface area (Å²) >= 11 is 0. The highest BCUT2D eigenvalue weighted by molar-refractivity contribution is 6.10. The van der Waals surface area contributed by atoms with Crippen molar-refractivity contribution in [1.82, 2.24) is 0 Å². The summed E-state index contributed by atoms with van der Waals surface area (Å²) < 4.78 is 38.7. The lowest BCUT2D eigenvalue weighted by atomic mass is 9.97. The van der Waals surface area contributed by atoms with Crippen molar-refractivity contribution in [3.05, 3.63) is 131 Å². The van der Waals surface area contributed by atoms with E-state index in [9.17, 15) is 18.0 Å². The molecule has 4 rings (SSSR count). The third-order valence-corrected chi connectivity index (χ3v) is 4.99. The van der Waals surface area contributed by atoms with Crippen LogP contribution in [0.1, 0.15) is 32.6 Å². The molecular weight excluding hydrogens is 409 g/mol. The predicted octanol–water partition coefficient (Wildman–Crippen LogP) is 7.00. The van der Waals surface area contributed by atoms with Gasteiger partial charge < -0.3 is 0 Å². The Balaban J connectivity index is 1.70. The van der Waals surface area contributed by atoms with Crippen molar-refractivity contribution in [3.8, 4) is 23.0 Å². The highest BCUT2D eigenvalue weighted by Gasteiger charge is 2.30. The number of benzene rings is 4. The van der Waals surface area contributed by atoms with E-state index in [1.54, 1.807) is 30.3 Å². The third kappa shape index (κ3) is 4.63. The molecule has 0 bridgehead atoms. The first-order valence-corrected chi connectivity index (χ1v) is 9.91. The molecular formula is C28H17F3O. The van der Waals surface area contributed by atoms with Gasteiger partial charge in [-0.15, -0.1) is 0 Å². The SMILES string of the molecule is O=C(c1ccccc1)c1ccccc1C#Cc1ccccc1-c1ccc(C(F)(F)F)cc1. The number of carbonyl (C=O) groups is 1. The highest BCUT2D eigenvalue weighted by atomic mass is 19.4. The van der Waals surface area contributed by atoms with E-state index in [4.69, 9.17) is 0 Å². The maximum atomic E-state index is 12.9. The largest absolute Gasteiger partial charge is 0.416 e. The molecule has 1 nitrogen and oxygen atoms in total. The van der Waals surface area contributed by atoms with Crippen LogP contribution in [0.2, 0.25) is 0 Å². The van der Waals surface area contributed by atoms with Crippen LogP contribution >= 0.6 is 0 Å². The summed E-state index contributed by atoms with van der Waals surface area (Å²) in [6.07, 6.45) is -4.38. The van der Waals surface area contributed by atoms with E-state index in [2.05, 4.69) is 11.8 Å². The fourth-order valence-corrected chi connectivity index (χ4v) is 3.35. The van der Waals surface area contributed by atoms with Gasteiger partial charge in [0, 0.05) is 22.3 Å². The second-order valence-electron chi connectivity index (χ2n) is 7.11. The van der Waals surface area contributed by atoms with Crippen LogP contribution in [-0.2, 0) is 6.18 Å². The first-order valence-electron chi connectivity index (χ1n) is 9.91. The van der Waals surface area contributed by atoms with Crippen molar-refractivity contribution in [2.75, 3.05) is 0 Å². The zero-order chi connectivity index (χ0) is 22.6. The summed E-state index contributed by atoms with van der Waals surface area (Å²) in [5.41, 5.74) is 2.98. The fourth-order valence-electron chi connectivity index (χ4n) is 3.35. The Labute approximate surface area is 184 Å². The molecule has 4 aromatic carbocycles. The minimum atomic E-state index is -4.38. The van der Waals surface area contributed by atoms with Gasteiger partial charge in [-0.2, -0.15) is 13.2 Å². The van der Waals surface area contributed by atoms with Crippen LogP contribution in [0.3, 0.4) is 0 Å². The topological polar surface area (TPSA) is 17.1 Å². The van der Waals surface area contributed by atoms with Gasteiger partial charge in [-0.3, -0.25) is 4.79 Å². The molecule has 0 unspecified atom stereocenters. The van der Waals surface area contributed by atoms with Crippen molar-refractivity contribution < 1.29 is 18.0 Å². The number of hydrogen-bond acceptors (Lipinski definition) is 1. The Morgan fingerprint density at radius 3 is 1.88 bits per heavy atom. The molecule has 0 aliphatic heterocycles. The molecule has 0 aliphatic rings.